The van der Waals surface area contributed by atoms with Gasteiger partial charge in [0.2, 0.25) is 5.91 Å². The topological polar surface area (TPSA) is 69.5 Å². The maximum Gasteiger partial charge on any atom is 0.236 e. The van der Waals surface area contributed by atoms with Crippen molar-refractivity contribution in [2.75, 3.05) is 13.2 Å². The lowest BCUT2D eigenvalue weighted by Crippen LogP contribution is -2.36. The number of hydrogen-bond acceptors (Lipinski definition) is 6. The van der Waals surface area contributed by atoms with Crippen LogP contribution in [0.3, 0.4) is 0 Å². The molecule has 1 aliphatic heterocycles. The Morgan fingerprint density at radius 1 is 1.16 bits per heavy atom. The first-order chi connectivity index (χ1) is 15.1. The standard InChI is InChI=1S/C23H26N4O3S/c1-4-27(14-17-10-6-5-7-11-17)22(28)16(2)31-23-25-24-21(26(23)3)20-15-29-18-12-8-9-13-19(18)30-20/h5-13,16,20H,4,14-15H2,1-3H3/t16-,20+/m1/s1. The van der Waals surface area contributed by atoms with Gasteiger partial charge in [-0.05, 0) is 31.5 Å². The summed E-state index contributed by atoms with van der Waals surface area (Å²) in [6, 6.07) is 17.6. The van der Waals surface area contributed by atoms with Gasteiger partial charge in [0.05, 0.1) is 5.25 Å². The first-order valence-electron chi connectivity index (χ1n) is 10.3. The van der Waals surface area contributed by atoms with Crippen LogP contribution in [0.4, 0.5) is 0 Å². The van der Waals surface area contributed by atoms with E-state index in [9.17, 15) is 4.79 Å². The molecule has 0 saturated carbocycles. The molecule has 0 aliphatic carbocycles. The summed E-state index contributed by atoms with van der Waals surface area (Å²) in [6.45, 7) is 5.51. The molecular weight excluding hydrogens is 412 g/mol. The van der Waals surface area contributed by atoms with E-state index in [0.717, 1.165) is 11.3 Å². The number of fused-ring (bicyclic) bond motifs is 1. The van der Waals surface area contributed by atoms with Gasteiger partial charge in [-0.3, -0.25) is 4.79 Å². The van der Waals surface area contributed by atoms with Crippen molar-refractivity contribution in [3.63, 3.8) is 0 Å². The van der Waals surface area contributed by atoms with Gasteiger partial charge in [0.1, 0.15) is 6.61 Å². The van der Waals surface area contributed by atoms with Crippen LogP contribution in [0.5, 0.6) is 11.5 Å². The van der Waals surface area contributed by atoms with Crippen molar-refractivity contribution < 1.29 is 14.3 Å². The number of rotatable bonds is 7. The summed E-state index contributed by atoms with van der Waals surface area (Å²) >= 11 is 1.40. The Kier molecular flexibility index (Phi) is 6.46. The summed E-state index contributed by atoms with van der Waals surface area (Å²) in [5.74, 6) is 2.17. The van der Waals surface area contributed by atoms with E-state index in [1.165, 1.54) is 11.8 Å². The zero-order valence-corrected chi connectivity index (χ0v) is 18.7. The first kappa shape index (κ1) is 21.2. The van der Waals surface area contributed by atoms with Crippen molar-refractivity contribution in [1.82, 2.24) is 19.7 Å². The van der Waals surface area contributed by atoms with Crippen LogP contribution < -0.4 is 9.47 Å². The Morgan fingerprint density at radius 2 is 1.87 bits per heavy atom. The van der Waals surface area contributed by atoms with Crippen molar-refractivity contribution in [3.8, 4) is 11.5 Å². The summed E-state index contributed by atoms with van der Waals surface area (Å²) < 4.78 is 13.7. The highest BCUT2D eigenvalue weighted by Crippen LogP contribution is 2.36. The zero-order valence-electron chi connectivity index (χ0n) is 17.9. The molecule has 0 bridgehead atoms. The van der Waals surface area contributed by atoms with E-state index >= 15 is 0 Å². The predicted molar refractivity (Wildman–Crippen MR) is 119 cm³/mol. The summed E-state index contributed by atoms with van der Waals surface area (Å²) in [5, 5.41) is 9.01. The van der Waals surface area contributed by atoms with Gasteiger partial charge in [-0.1, -0.05) is 54.2 Å². The van der Waals surface area contributed by atoms with Crippen LogP contribution in [-0.2, 0) is 18.4 Å². The van der Waals surface area contributed by atoms with Crippen LogP contribution in [0.1, 0.15) is 31.3 Å². The van der Waals surface area contributed by atoms with Gasteiger partial charge < -0.3 is 18.9 Å². The van der Waals surface area contributed by atoms with Crippen LogP contribution in [0.25, 0.3) is 0 Å². The number of carbonyl (C=O) groups excluding carboxylic acids is 1. The molecule has 0 saturated heterocycles. The monoisotopic (exact) mass is 438 g/mol. The van der Waals surface area contributed by atoms with E-state index in [-0.39, 0.29) is 17.3 Å². The zero-order chi connectivity index (χ0) is 21.8. The molecule has 0 unspecified atom stereocenters. The maximum absolute atomic E-state index is 13.0. The van der Waals surface area contributed by atoms with E-state index in [1.54, 1.807) is 0 Å². The summed E-state index contributed by atoms with van der Waals surface area (Å²) in [7, 11) is 1.89. The lowest BCUT2D eigenvalue weighted by Gasteiger charge is -2.26. The third-order valence-electron chi connectivity index (χ3n) is 5.20. The number of ether oxygens (including phenoxy) is 2. The Morgan fingerprint density at radius 3 is 2.61 bits per heavy atom. The van der Waals surface area contributed by atoms with Gasteiger partial charge in [-0.25, -0.2) is 0 Å². The molecule has 31 heavy (non-hydrogen) atoms. The minimum atomic E-state index is -0.349. The first-order valence-corrected chi connectivity index (χ1v) is 11.2. The van der Waals surface area contributed by atoms with Gasteiger partial charge >= 0.3 is 0 Å². The van der Waals surface area contributed by atoms with Gasteiger partial charge in [0.25, 0.3) is 0 Å². The maximum atomic E-state index is 13.0. The number of amides is 1. The molecule has 0 spiro atoms. The highest BCUT2D eigenvalue weighted by atomic mass is 32.2. The van der Waals surface area contributed by atoms with Crippen LogP contribution in [0.15, 0.2) is 59.8 Å². The molecule has 1 aliphatic rings. The number of carbonyl (C=O) groups is 1. The second kappa shape index (κ2) is 9.43. The summed E-state index contributed by atoms with van der Waals surface area (Å²) in [5.41, 5.74) is 1.12. The highest BCUT2D eigenvalue weighted by Gasteiger charge is 2.29. The lowest BCUT2D eigenvalue weighted by atomic mass is 10.2. The van der Waals surface area contributed by atoms with Crippen molar-refractivity contribution in [2.45, 2.75) is 36.9 Å². The van der Waals surface area contributed by atoms with Crippen molar-refractivity contribution >= 4 is 17.7 Å². The van der Waals surface area contributed by atoms with E-state index in [4.69, 9.17) is 9.47 Å². The molecule has 162 valence electrons. The second-order valence-corrected chi connectivity index (χ2v) is 8.67. The summed E-state index contributed by atoms with van der Waals surface area (Å²) in [6.07, 6.45) is -0.349. The van der Waals surface area contributed by atoms with Crippen LogP contribution in [0, 0.1) is 0 Å². The van der Waals surface area contributed by atoms with Crippen LogP contribution in [-0.4, -0.2) is 44.0 Å². The molecule has 1 amide bonds. The molecule has 4 rings (SSSR count). The number of para-hydroxylation sites is 2. The van der Waals surface area contributed by atoms with E-state index in [1.807, 2.05) is 85.0 Å². The van der Waals surface area contributed by atoms with Crippen molar-refractivity contribution in [2.24, 2.45) is 7.05 Å². The number of benzene rings is 2. The Labute approximate surface area is 186 Å². The summed E-state index contributed by atoms with van der Waals surface area (Å²) in [4.78, 5) is 14.9. The van der Waals surface area contributed by atoms with Gasteiger partial charge in [-0.2, -0.15) is 0 Å². The van der Waals surface area contributed by atoms with E-state index < -0.39 is 0 Å². The van der Waals surface area contributed by atoms with E-state index in [2.05, 4.69) is 10.2 Å². The Balaban J connectivity index is 1.42. The minimum absolute atomic E-state index is 0.0760. The second-order valence-electron chi connectivity index (χ2n) is 7.36. The number of hydrogen-bond donors (Lipinski definition) is 0. The van der Waals surface area contributed by atoms with Crippen molar-refractivity contribution in [1.29, 1.82) is 0 Å². The van der Waals surface area contributed by atoms with E-state index in [0.29, 0.717) is 36.4 Å². The predicted octanol–water partition coefficient (Wildman–Crippen LogP) is 3.86. The number of thioether (sulfide) groups is 1. The molecule has 2 aromatic carbocycles. The van der Waals surface area contributed by atoms with Gasteiger partial charge in [0, 0.05) is 20.1 Å². The van der Waals surface area contributed by atoms with Gasteiger partial charge in [-0.15, -0.1) is 10.2 Å². The normalized spacial score (nSPS) is 16.0. The number of nitrogens with zero attached hydrogens (tertiary/aromatic N) is 4. The largest absolute Gasteiger partial charge is 0.485 e. The molecule has 2 heterocycles. The SMILES string of the molecule is CCN(Cc1ccccc1)C(=O)[C@@H](C)Sc1nnc([C@@H]2COc3ccccc3O2)n1C. The minimum Gasteiger partial charge on any atom is -0.485 e. The molecule has 8 heteroatoms. The molecule has 7 nitrogen and oxygen atoms in total. The molecule has 2 atom stereocenters. The fourth-order valence-corrected chi connectivity index (χ4v) is 4.38. The highest BCUT2D eigenvalue weighted by molar-refractivity contribution is 8.00. The number of aromatic nitrogens is 3. The van der Waals surface area contributed by atoms with Crippen molar-refractivity contribution in [3.05, 3.63) is 66.0 Å². The third kappa shape index (κ3) is 4.69. The lowest BCUT2D eigenvalue weighted by molar-refractivity contribution is -0.130. The molecule has 0 N–H and O–H groups in total. The Bertz CT molecular complexity index is 1040. The average molecular weight is 439 g/mol. The average Bonchev–Trinajstić information content (AvgIpc) is 3.17. The fourth-order valence-electron chi connectivity index (χ4n) is 3.47. The quantitative estimate of drug-likeness (QED) is 0.522. The van der Waals surface area contributed by atoms with Gasteiger partial charge in [0.15, 0.2) is 28.6 Å². The molecular formula is C23H26N4O3S. The van der Waals surface area contributed by atoms with Crippen LogP contribution >= 0.6 is 11.8 Å². The molecule has 0 radical (unpaired) electrons. The molecule has 1 aromatic heterocycles. The third-order valence-corrected chi connectivity index (χ3v) is 6.33. The molecule has 3 aromatic rings. The Hall–Kier alpha value is -3.00. The molecule has 0 fully saturated rings. The van der Waals surface area contributed by atoms with Crippen LogP contribution in [0.2, 0.25) is 0 Å². The fraction of sp³-hybridized carbons (Fsp3) is 0.348. The smallest absolute Gasteiger partial charge is 0.236 e.